The van der Waals surface area contributed by atoms with Crippen molar-refractivity contribution in [2.24, 2.45) is 0 Å². The first-order valence-electron chi connectivity index (χ1n) is 6.43. The van der Waals surface area contributed by atoms with E-state index in [1.165, 1.54) is 24.8 Å². The third-order valence-electron chi connectivity index (χ3n) is 3.19. The van der Waals surface area contributed by atoms with E-state index in [1.54, 1.807) is 0 Å². The van der Waals surface area contributed by atoms with Crippen LogP contribution in [0.15, 0.2) is 16.9 Å². The van der Waals surface area contributed by atoms with Gasteiger partial charge in [-0.1, -0.05) is 6.42 Å². The zero-order valence-corrected chi connectivity index (χ0v) is 10.8. The molecule has 1 rings (SSSR count). The second kappa shape index (κ2) is 6.55. The van der Waals surface area contributed by atoms with Crippen LogP contribution in [0.2, 0.25) is 0 Å². The zero-order chi connectivity index (χ0) is 12.0. The Kier molecular flexibility index (Phi) is 5.34. The average Bonchev–Trinajstić information content (AvgIpc) is 2.31. The third kappa shape index (κ3) is 3.53. The normalized spacial score (nSPS) is 15.6. The molecule has 0 bridgehead atoms. The molecular formula is C14H23NO. The molecule has 1 amide bonds. The number of hydrogen-bond acceptors (Lipinski definition) is 1. The first-order valence-corrected chi connectivity index (χ1v) is 6.43. The fraction of sp³-hybridized carbons (Fsp3) is 0.714. The summed E-state index contributed by atoms with van der Waals surface area (Å²) in [5, 5.41) is 0. The van der Waals surface area contributed by atoms with E-state index in [2.05, 4.69) is 5.73 Å². The number of nitrogens with zero attached hydrogens (tertiary/aromatic N) is 1. The van der Waals surface area contributed by atoms with Crippen molar-refractivity contribution in [2.75, 3.05) is 13.1 Å². The molecule has 0 aromatic carbocycles. The highest BCUT2D eigenvalue weighted by molar-refractivity contribution is 5.92. The lowest BCUT2D eigenvalue weighted by Crippen LogP contribution is -2.30. The highest BCUT2D eigenvalue weighted by Crippen LogP contribution is 2.22. The number of hydrogen-bond donors (Lipinski definition) is 0. The molecule has 0 spiro atoms. The van der Waals surface area contributed by atoms with Crippen molar-refractivity contribution in [1.29, 1.82) is 0 Å². The van der Waals surface area contributed by atoms with Crippen LogP contribution in [0, 0.1) is 0 Å². The summed E-state index contributed by atoms with van der Waals surface area (Å²) in [7, 11) is 0. The van der Waals surface area contributed by atoms with Gasteiger partial charge < -0.3 is 4.90 Å². The quantitative estimate of drug-likeness (QED) is 0.529. The van der Waals surface area contributed by atoms with Gasteiger partial charge in [0, 0.05) is 13.1 Å². The SMILES string of the molecule is CCN(CC)C(=O)C(C)=C=C1CCCCC1. The molecular weight excluding hydrogens is 198 g/mol. The molecule has 1 fully saturated rings. The molecule has 0 radical (unpaired) electrons. The van der Waals surface area contributed by atoms with Gasteiger partial charge in [-0.15, -0.1) is 5.73 Å². The van der Waals surface area contributed by atoms with Crippen molar-refractivity contribution in [3.8, 4) is 0 Å². The van der Waals surface area contributed by atoms with Crippen molar-refractivity contribution in [3.63, 3.8) is 0 Å². The highest BCUT2D eigenvalue weighted by Gasteiger charge is 2.12. The minimum Gasteiger partial charge on any atom is -0.339 e. The smallest absolute Gasteiger partial charge is 0.257 e. The van der Waals surface area contributed by atoms with E-state index in [9.17, 15) is 4.79 Å². The summed E-state index contributed by atoms with van der Waals surface area (Å²) in [6, 6.07) is 0. The molecule has 0 N–H and O–H groups in total. The van der Waals surface area contributed by atoms with Gasteiger partial charge in [0.25, 0.3) is 5.91 Å². The first kappa shape index (κ1) is 13.1. The molecule has 0 heterocycles. The van der Waals surface area contributed by atoms with Gasteiger partial charge in [-0.25, -0.2) is 0 Å². The standard InChI is InChI=1S/C14H23NO/c1-4-15(5-2)14(16)12(3)11-13-9-7-6-8-10-13/h4-10H2,1-3H3. The summed E-state index contributed by atoms with van der Waals surface area (Å²) in [4.78, 5) is 13.8. The Morgan fingerprint density at radius 1 is 1.19 bits per heavy atom. The maximum Gasteiger partial charge on any atom is 0.257 e. The Labute approximate surface area is 99.0 Å². The molecule has 2 heteroatoms. The molecule has 1 saturated carbocycles. The van der Waals surface area contributed by atoms with Gasteiger partial charge in [0.15, 0.2) is 0 Å². The molecule has 0 aliphatic heterocycles. The Balaban J connectivity index is 2.78. The van der Waals surface area contributed by atoms with Crippen LogP contribution in [-0.2, 0) is 4.79 Å². The molecule has 1 aliphatic carbocycles. The highest BCUT2D eigenvalue weighted by atomic mass is 16.2. The summed E-state index contributed by atoms with van der Waals surface area (Å²) >= 11 is 0. The summed E-state index contributed by atoms with van der Waals surface area (Å²) in [5.41, 5.74) is 5.43. The van der Waals surface area contributed by atoms with Crippen molar-refractivity contribution < 1.29 is 4.79 Å². The van der Waals surface area contributed by atoms with Gasteiger partial charge >= 0.3 is 0 Å². The maximum absolute atomic E-state index is 12.0. The lowest BCUT2D eigenvalue weighted by Gasteiger charge is -2.18. The van der Waals surface area contributed by atoms with E-state index < -0.39 is 0 Å². The minimum absolute atomic E-state index is 0.142. The van der Waals surface area contributed by atoms with E-state index >= 15 is 0 Å². The van der Waals surface area contributed by atoms with E-state index in [4.69, 9.17) is 0 Å². The third-order valence-corrected chi connectivity index (χ3v) is 3.19. The van der Waals surface area contributed by atoms with Crippen LogP contribution in [0.3, 0.4) is 0 Å². The van der Waals surface area contributed by atoms with Crippen LogP contribution in [0.4, 0.5) is 0 Å². The minimum atomic E-state index is 0.142. The second-order valence-corrected chi connectivity index (χ2v) is 4.39. The van der Waals surface area contributed by atoms with Crippen molar-refractivity contribution >= 4 is 5.91 Å². The van der Waals surface area contributed by atoms with Crippen LogP contribution in [0.1, 0.15) is 52.9 Å². The van der Waals surface area contributed by atoms with Gasteiger partial charge in [0.1, 0.15) is 0 Å². The van der Waals surface area contributed by atoms with Gasteiger partial charge in [0.05, 0.1) is 5.57 Å². The Morgan fingerprint density at radius 3 is 2.25 bits per heavy atom. The fourth-order valence-corrected chi connectivity index (χ4v) is 2.17. The molecule has 0 unspecified atom stereocenters. The number of rotatable bonds is 3. The molecule has 0 atom stereocenters. The predicted octanol–water partition coefficient (Wildman–Crippen LogP) is 3.29. The van der Waals surface area contributed by atoms with Gasteiger partial charge in [-0.05, 0) is 52.0 Å². The molecule has 16 heavy (non-hydrogen) atoms. The predicted molar refractivity (Wildman–Crippen MR) is 67.2 cm³/mol. The average molecular weight is 221 g/mol. The summed E-state index contributed by atoms with van der Waals surface area (Å²) in [6.07, 6.45) is 6.10. The van der Waals surface area contributed by atoms with Crippen LogP contribution >= 0.6 is 0 Å². The van der Waals surface area contributed by atoms with Crippen molar-refractivity contribution in [1.82, 2.24) is 4.90 Å². The number of carbonyl (C=O) groups is 1. The van der Waals surface area contributed by atoms with Crippen molar-refractivity contribution in [3.05, 3.63) is 16.9 Å². The maximum atomic E-state index is 12.0. The number of amides is 1. The van der Waals surface area contributed by atoms with E-state index in [0.717, 1.165) is 31.5 Å². The van der Waals surface area contributed by atoms with E-state index in [-0.39, 0.29) is 5.91 Å². The molecule has 2 nitrogen and oxygen atoms in total. The Morgan fingerprint density at radius 2 is 1.75 bits per heavy atom. The first-order chi connectivity index (χ1) is 7.69. The van der Waals surface area contributed by atoms with Crippen LogP contribution in [-0.4, -0.2) is 23.9 Å². The Hall–Kier alpha value is -1.01. The molecule has 0 saturated heterocycles. The van der Waals surface area contributed by atoms with Gasteiger partial charge in [-0.2, -0.15) is 0 Å². The summed E-state index contributed by atoms with van der Waals surface area (Å²) < 4.78 is 0. The molecule has 0 aromatic heterocycles. The molecule has 90 valence electrons. The van der Waals surface area contributed by atoms with Gasteiger partial charge in [-0.3, -0.25) is 4.79 Å². The van der Waals surface area contributed by atoms with Crippen molar-refractivity contribution in [2.45, 2.75) is 52.9 Å². The lowest BCUT2D eigenvalue weighted by atomic mass is 9.95. The zero-order valence-electron chi connectivity index (χ0n) is 10.8. The van der Waals surface area contributed by atoms with Gasteiger partial charge in [0.2, 0.25) is 0 Å². The molecule has 1 aliphatic rings. The second-order valence-electron chi connectivity index (χ2n) is 4.39. The van der Waals surface area contributed by atoms with Crippen LogP contribution in [0.25, 0.3) is 0 Å². The summed E-state index contributed by atoms with van der Waals surface area (Å²) in [5.74, 6) is 0.142. The van der Waals surface area contributed by atoms with Crippen LogP contribution in [0.5, 0.6) is 0 Å². The van der Waals surface area contributed by atoms with E-state index in [0.29, 0.717) is 0 Å². The lowest BCUT2D eigenvalue weighted by molar-refractivity contribution is -0.126. The number of likely N-dealkylation sites (N-methyl/N-ethyl adjacent to an activating group) is 1. The Bertz CT molecular complexity index is 299. The monoisotopic (exact) mass is 221 g/mol. The molecule has 0 aromatic rings. The van der Waals surface area contributed by atoms with Crippen LogP contribution < -0.4 is 0 Å². The topological polar surface area (TPSA) is 20.3 Å². The number of carbonyl (C=O) groups excluding carboxylic acids is 1. The fourth-order valence-electron chi connectivity index (χ4n) is 2.17. The van der Waals surface area contributed by atoms with E-state index in [1.807, 2.05) is 25.7 Å². The summed E-state index contributed by atoms with van der Waals surface area (Å²) in [6.45, 7) is 7.49. The largest absolute Gasteiger partial charge is 0.339 e.